The number of carbonyl (C=O) groups is 2. The molecule has 1 heterocycles. The largest absolute Gasteiger partial charge is 0.507 e. The van der Waals surface area contributed by atoms with Gasteiger partial charge in [0.2, 0.25) is 0 Å². The highest BCUT2D eigenvalue weighted by atomic mass is 32.1. The maximum absolute atomic E-state index is 11.9. The molecule has 6 nitrogen and oxygen atoms in total. The molecule has 3 rings (SSSR count). The average molecular weight is 354 g/mol. The molecule has 126 valence electrons. The van der Waals surface area contributed by atoms with Crippen LogP contribution in [0.2, 0.25) is 0 Å². The van der Waals surface area contributed by atoms with E-state index in [1.54, 1.807) is 12.1 Å². The van der Waals surface area contributed by atoms with Crippen molar-refractivity contribution in [2.24, 2.45) is 0 Å². The maximum atomic E-state index is 11.9. The second kappa shape index (κ2) is 7.59. The Kier molecular flexibility index (Phi) is 5.06. The number of para-hydroxylation sites is 1. The van der Waals surface area contributed by atoms with Gasteiger partial charge in [-0.2, -0.15) is 0 Å². The highest BCUT2D eigenvalue weighted by Gasteiger charge is 2.14. The van der Waals surface area contributed by atoms with Crippen molar-refractivity contribution in [2.45, 2.75) is 0 Å². The number of hydrogen-bond donors (Lipinski definition) is 2. The Balaban J connectivity index is 1.56. The maximum Gasteiger partial charge on any atom is 0.342 e. The summed E-state index contributed by atoms with van der Waals surface area (Å²) >= 11 is 1.28. The number of anilines is 1. The van der Waals surface area contributed by atoms with E-state index in [2.05, 4.69) is 10.3 Å². The molecule has 0 saturated carbocycles. The van der Waals surface area contributed by atoms with E-state index in [4.69, 9.17) is 4.74 Å². The molecule has 7 heteroatoms. The van der Waals surface area contributed by atoms with Crippen molar-refractivity contribution in [3.63, 3.8) is 0 Å². The molecule has 0 spiro atoms. The zero-order chi connectivity index (χ0) is 17.6. The topological polar surface area (TPSA) is 88.5 Å². The molecule has 0 saturated heterocycles. The number of nitrogens with one attached hydrogen (secondary N) is 1. The van der Waals surface area contributed by atoms with Crippen LogP contribution in [-0.2, 0) is 9.53 Å². The number of nitrogens with zero attached hydrogens (tertiary/aromatic N) is 1. The second-order valence-corrected chi connectivity index (χ2v) is 5.90. The number of phenolic OH excluding ortho intramolecular Hbond substituents is 1. The number of amides is 1. The van der Waals surface area contributed by atoms with Crippen molar-refractivity contribution in [1.29, 1.82) is 0 Å². The molecule has 0 aliphatic heterocycles. The third kappa shape index (κ3) is 4.21. The van der Waals surface area contributed by atoms with Crippen molar-refractivity contribution >= 4 is 28.3 Å². The van der Waals surface area contributed by atoms with E-state index in [-0.39, 0.29) is 11.3 Å². The smallest absolute Gasteiger partial charge is 0.342 e. The van der Waals surface area contributed by atoms with Crippen LogP contribution in [0.15, 0.2) is 60.0 Å². The molecule has 1 aromatic heterocycles. The number of aromatic hydroxyl groups is 1. The lowest BCUT2D eigenvalue weighted by atomic mass is 10.2. The summed E-state index contributed by atoms with van der Waals surface area (Å²) in [5, 5.41) is 14.4. The summed E-state index contributed by atoms with van der Waals surface area (Å²) in [6, 6.07) is 15.6. The van der Waals surface area contributed by atoms with Crippen LogP contribution in [-0.4, -0.2) is 28.6 Å². The van der Waals surface area contributed by atoms with Gasteiger partial charge in [0.1, 0.15) is 11.3 Å². The van der Waals surface area contributed by atoms with Crippen molar-refractivity contribution in [3.05, 3.63) is 65.5 Å². The van der Waals surface area contributed by atoms with E-state index >= 15 is 0 Å². The Morgan fingerprint density at radius 1 is 1.08 bits per heavy atom. The van der Waals surface area contributed by atoms with Gasteiger partial charge in [0.15, 0.2) is 11.7 Å². The highest BCUT2D eigenvalue weighted by Crippen LogP contribution is 2.24. The standard InChI is InChI=1S/C18H14N2O4S/c21-15-9-5-4-8-13(15)17(23)24-10-16(22)20-18-19-14(11-25-18)12-6-2-1-3-7-12/h1-9,11,21H,10H2,(H,19,20,22). The fourth-order valence-electron chi connectivity index (χ4n) is 2.08. The third-order valence-corrected chi connectivity index (χ3v) is 4.04. The third-order valence-electron chi connectivity index (χ3n) is 3.28. The van der Waals surface area contributed by atoms with E-state index < -0.39 is 18.5 Å². The highest BCUT2D eigenvalue weighted by molar-refractivity contribution is 7.14. The summed E-state index contributed by atoms with van der Waals surface area (Å²) in [5.74, 6) is -1.46. The van der Waals surface area contributed by atoms with Crippen LogP contribution in [0.25, 0.3) is 11.3 Å². The van der Waals surface area contributed by atoms with Crippen LogP contribution in [0.1, 0.15) is 10.4 Å². The van der Waals surface area contributed by atoms with Gasteiger partial charge in [0, 0.05) is 10.9 Å². The van der Waals surface area contributed by atoms with Crippen molar-refractivity contribution in [2.75, 3.05) is 11.9 Å². The lowest BCUT2D eigenvalue weighted by Crippen LogP contribution is -2.20. The number of phenols is 1. The zero-order valence-electron chi connectivity index (χ0n) is 13.0. The predicted molar refractivity (Wildman–Crippen MR) is 94.6 cm³/mol. The fourth-order valence-corrected chi connectivity index (χ4v) is 2.82. The molecular weight excluding hydrogens is 340 g/mol. The molecule has 0 aliphatic carbocycles. The molecule has 1 amide bonds. The normalized spacial score (nSPS) is 10.2. The molecule has 2 aromatic carbocycles. The molecule has 2 N–H and O–H groups in total. The first-order valence-corrected chi connectivity index (χ1v) is 8.27. The SMILES string of the molecule is O=C(COC(=O)c1ccccc1O)Nc1nc(-c2ccccc2)cs1. The number of ether oxygens (including phenoxy) is 1. The molecule has 0 radical (unpaired) electrons. The molecule has 25 heavy (non-hydrogen) atoms. The number of rotatable bonds is 5. The van der Waals surface area contributed by atoms with Gasteiger partial charge in [-0.25, -0.2) is 9.78 Å². The Bertz CT molecular complexity index is 893. The number of esters is 1. The van der Waals surface area contributed by atoms with Crippen LogP contribution in [0.3, 0.4) is 0 Å². The lowest BCUT2D eigenvalue weighted by Gasteiger charge is -2.05. The van der Waals surface area contributed by atoms with Crippen molar-refractivity contribution in [3.8, 4) is 17.0 Å². The first-order valence-electron chi connectivity index (χ1n) is 7.39. The lowest BCUT2D eigenvalue weighted by molar-refractivity contribution is -0.119. The number of aromatic nitrogens is 1. The first-order chi connectivity index (χ1) is 12.1. The van der Waals surface area contributed by atoms with Gasteiger partial charge in [0.05, 0.1) is 5.69 Å². The average Bonchev–Trinajstić information content (AvgIpc) is 3.09. The zero-order valence-corrected chi connectivity index (χ0v) is 13.8. The van der Waals surface area contributed by atoms with Crippen LogP contribution >= 0.6 is 11.3 Å². The number of carbonyl (C=O) groups excluding carboxylic acids is 2. The van der Waals surface area contributed by atoms with Gasteiger partial charge in [-0.15, -0.1) is 11.3 Å². The summed E-state index contributed by atoms with van der Waals surface area (Å²) in [5.41, 5.74) is 1.72. The van der Waals surface area contributed by atoms with Crippen LogP contribution in [0.5, 0.6) is 5.75 Å². The summed E-state index contributed by atoms with van der Waals surface area (Å²) < 4.78 is 4.90. The van der Waals surface area contributed by atoms with Gasteiger partial charge in [-0.3, -0.25) is 10.1 Å². The first kappa shape index (κ1) is 16.7. The minimum absolute atomic E-state index is 0.0101. The minimum Gasteiger partial charge on any atom is -0.507 e. The van der Waals surface area contributed by atoms with Crippen molar-refractivity contribution in [1.82, 2.24) is 4.98 Å². The molecule has 0 unspecified atom stereocenters. The molecular formula is C18H14N2O4S. The van der Waals surface area contributed by atoms with E-state index in [0.29, 0.717) is 5.13 Å². The molecule has 0 fully saturated rings. The fraction of sp³-hybridized carbons (Fsp3) is 0.0556. The Morgan fingerprint density at radius 2 is 1.80 bits per heavy atom. The van der Waals surface area contributed by atoms with E-state index in [1.165, 1.54) is 23.5 Å². The Morgan fingerprint density at radius 3 is 2.56 bits per heavy atom. The molecule has 0 bridgehead atoms. The Labute approximate surface area is 147 Å². The second-order valence-electron chi connectivity index (χ2n) is 5.05. The van der Waals surface area contributed by atoms with Gasteiger partial charge >= 0.3 is 5.97 Å². The number of hydrogen-bond acceptors (Lipinski definition) is 6. The van der Waals surface area contributed by atoms with Gasteiger partial charge in [-0.1, -0.05) is 42.5 Å². The Hall–Kier alpha value is -3.19. The van der Waals surface area contributed by atoms with Crippen LogP contribution in [0.4, 0.5) is 5.13 Å². The quantitative estimate of drug-likeness (QED) is 0.686. The summed E-state index contributed by atoms with van der Waals surface area (Å²) in [6.07, 6.45) is 0. The van der Waals surface area contributed by atoms with Gasteiger partial charge in [0.25, 0.3) is 5.91 Å². The number of benzene rings is 2. The van der Waals surface area contributed by atoms with E-state index in [9.17, 15) is 14.7 Å². The number of thiazole rings is 1. The monoisotopic (exact) mass is 354 g/mol. The molecule has 0 aliphatic rings. The summed E-state index contributed by atoms with van der Waals surface area (Å²) in [7, 11) is 0. The van der Waals surface area contributed by atoms with Crippen LogP contribution in [0, 0.1) is 0 Å². The molecule has 0 atom stereocenters. The minimum atomic E-state index is -0.766. The van der Waals surface area contributed by atoms with Crippen molar-refractivity contribution < 1.29 is 19.4 Å². The predicted octanol–water partition coefficient (Wildman–Crippen LogP) is 3.31. The molecule has 3 aromatic rings. The van der Waals surface area contributed by atoms with E-state index in [0.717, 1.165) is 11.3 Å². The van der Waals surface area contributed by atoms with E-state index in [1.807, 2.05) is 35.7 Å². The van der Waals surface area contributed by atoms with Gasteiger partial charge in [-0.05, 0) is 12.1 Å². The summed E-state index contributed by atoms with van der Waals surface area (Å²) in [6.45, 7) is -0.465. The van der Waals surface area contributed by atoms with Gasteiger partial charge < -0.3 is 9.84 Å². The summed E-state index contributed by atoms with van der Waals surface area (Å²) in [4.78, 5) is 28.1. The van der Waals surface area contributed by atoms with Crippen LogP contribution < -0.4 is 5.32 Å².